The molecule has 0 aliphatic heterocycles. The normalized spacial score (nSPS) is 10.8. The van der Waals surface area contributed by atoms with E-state index in [0.29, 0.717) is 6.42 Å². The molecule has 0 unspecified atom stereocenters. The Kier molecular flexibility index (Phi) is 7.60. The molecule has 3 rings (SSSR count). The SMILES string of the molecule is CCCCN(C(=O)CNc1cc(F)cc(F)c1)c1c(N)n(Cc2ccccc2)c(=O)[nH]c1=O. The Morgan fingerprint density at radius 2 is 1.79 bits per heavy atom. The van der Waals surface area contributed by atoms with Gasteiger partial charge >= 0.3 is 5.69 Å². The highest BCUT2D eigenvalue weighted by Crippen LogP contribution is 2.19. The topological polar surface area (TPSA) is 113 Å². The number of nitrogens with two attached hydrogens (primary N) is 1. The first-order valence-corrected chi connectivity index (χ1v) is 10.5. The number of anilines is 3. The van der Waals surface area contributed by atoms with Crippen LogP contribution in [0.2, 0.25) is 0 Å². The van der Waals surface area contributed by atoms with E-state index in [1.54, 1.807) is 24.3 Å². The van der Waals surface area contributed by atoms with Crippen LogP contribution in [0.25, 0.3) is 0 Å². The predicted molar refractivity (Wildman–Crippen MR) is 123 cm³/mol. The Morgan fingerprint density at radius 3 is 2.42 bits per heavy atom. The van der Waals surface area contributed by atoms with E-state index >= 15 is 0 Å². The van der Waals surface area contributed by atoms with Crippen molar-refractivity contribution in [3.63, 3.8) is 0 Å². The molecule has 33 heavy (non-hydrogen) atoms. The average Bonchev–Trinajstić information content (AvgIpc) is 2.77. The molecule has 1 amide bonds. The molecule has 0 fully saturated rings. The third-order valence-corrected chi connectivity index (χ3v) is 5.01. The molecular weight excluding hydrogens is 432 g/mol. The molecule has 1 heterocycles. The van der Waals surface area contributed by atoms with Crippen LogP contribution in [0.5, 0.6) is 0 Å². The third-order valence-electron chi connectivity index (χ3n) is 5.01. The quantitative estimate of drug-likeness (QED) is 0.457. The summed E-state index contributed by atoms with van der Waals surface area (Å²) in [6, 6.07) is 11.9. The number of H-pyrrole nitrogens is 1. The summed E-state index contributed by atoms with van der Waals surface area (Å²) in [4.78, 5) is 41.6. The molecule has 0 saturated carbocycles. The Bertz CT molecular complexity index is 1220. The summed E-state index contributed by atoms with van der Waals surface area (Å²) in [6.07, 6.45) is 1.30. The molecular formula is C23H25F2N5O3. The Labute approximate surface area is 188 Å². The highest BCUT2D eigenvalue weighted by molar-refractivity contribution is 5.98. The van der Waals surface area contributed by atoms with Gasteiger partial charge in [0.2, 0.25) is 5.91 Å². The summed E-state index contributed by atoms with van der Waals surface area (Å²) in [6.45, 7) is 1.85. The van der Waals surface area contributed by atoms with Gasteiger partial charge in [0.1, 0.15) is 17.5 Å². The van der Waals surface area contributed by atoms with Gasteiger partial charge in [-0.25, -0.2) is 13.6 Å². The van der Waals surface area contributed by atoms with Crippen LogP contribution in [-0.4, -0.2) is 28.5 Å². The van der Waals surface area contributed by atoms with Crippen molar-refractivity contribution in [2.45, 2.75) is 26.3 Å². The standard InChI is InChI=1S/C23H25F2N5O3/c1-2-3-9-29(19(31)13-27-18-11-16(24)10-17(25)12-18)20-21(26)30(23(33)28-22(20)32)14-15-7-5-4-6-8-15/h4-8,10-12,27H,2-3,9,13-14,26H2,1H3,(H,28,32,33). The van der Waals surface area contributed by atoms with Gasteiger partial charge < -0.3 is 16.0 Å². The van der Waals surface area contributed by atoms with Gasteiger partial charge in [0.15, 0.2) is 5.69 Å². The maximum atomic E-state index is 13.4. The van der Waals surface area contributed by atoms with Gasteiger partial charge in [-0.1, -0.05) is 43.7 Å². The fourth-order valence-corrected chi connectivity index (χ4v) is 3.37. The Hall–Kier alpha value is -3.95. The number of carbonyl (C=O) groups excluding carboxylic acids is 1. The first-order chi connectivity index (χ1) is 15.8. The van der Waals surface area contributed by atoms with Crippen LogP contribution in [0.4, 0.5) is 26.0 Å². The molecule has 0 spiro atoms. The lowest BCUT2D eigenvalue weighted by molar-refractivity contribution is -0.117. The number of nitrogens with one attached hydrogen (secondary N) is 2. The number of amides is 1. The van der Waals surface area contributed by atoms with E-state index in [2.05, 4.69) is 10.3 Å². The van der Waals surface area contributed by atoms with Crippen LogP contribution in [-0.2, 0) is 11.3 Å². The molecule has 0 aliphatic rings. The molecule has 10 heteroatoms. The van der Waals surface area contributed by atoms with E-state index in [0.717, 1.165) is 30.2 Å². The highest BCUT2D eigenvalue weighted by atomic mass is 19.1. The van der Waals surface area contributed by atoms with Crippen molar-refractivity contribution in [1.29, 1.82) is 0 Å². The molecule has 3 aromatic rings. The monoisotopic (exact) mass is 457 g/mol. The van der Waals surface area contributed by atoms with Gasteiger partial charge in [0.05, 0.1) is 13.1 Å². The van der Waals surface area contributed by atoms with E-state index in [1.807, 2.05) is 13.0 Å². The first kappa shape index (κ1) is 23.7. The fourth-order valence-electron chi connectivity index (χ4n) is 3.37. The number of carbonyl (C=O) groups is 1. The summed E-state index contributed by atoms with van der Waals surface area (Å²) in [5, 5.41) is 2.66. The number of halogens is 2. The number of benzene rings is 2. The smallest absolute Gasteiger partial charge is 0.330 e. The number of hydrogen-bond donors (Lipinski definition) is 3. The highest BCUT2D eigenvalue weighted by Gasteiger charge is 2.24. The number of rotatable bonds is 9. The van der Waals surface area contributed by atoms with Crippen LogP contribution in [0.3, 0.4) is 0 Å². The molecule has 174 valence electrons. The van der Waals surface area contributed by atoms with E-state index < -0.39 is 28.8 Å². The Morgan fingerprint density at radius 1 is 1.12 bits per heavy atom. The van der Waals surface area contributed by atoms with Gasteiger partial charge in [-0.3, -0.25) is 19.1 Å². The lowest BCUT2D eigenvalue weighted by Gasteiger charge is -2.25. The molecule has 0 saturated heterocycles. The lowest BCUT2D eigenvalue weighted by atomic mass is 10.2. The van der Waals surface area contributed by atoms with Crippen molar-refractivity contribution in [3.8, 4) is 0 Å². The summed E-state index contributed by atoms with van der Waals surface area (Å²) in [5.74, 6) is -2.27. The van der Waals surface area contributed by atoms with Crippen molar-refractivity contribution < 1.29 is 13.6 Å². The summed E-state index contributed by atoms with van der Waals surface area (Å²) < 4.78 is 28.1. The van der Waals surface area contributed by atoms with E-state index in [1.165, 1.54) is 9.47 Å². The number of nitrogen functional groups attached to an aromatic ring is 1. The molecule has 0 aliphatic carbocycles. The largest absolute Gasteiger partial charge is 0.383 e. The first-order valence-electron chi connectivity index (χ1n) is 10.5. The molecule has 4 N–H and O–H groups in total. The maximum Gasteiger partial charge on any atom is 0.330 e. The van der Waals surface area contributed by atoms with Gasteiger partial charge in [0, 0.05) is 18.3 Å². The van der Waals surface area contributed by atoms with Crippen LogP contribution >= 0.6 is 0 Å². The molecule has 0 radical (unpaired) electrons. The van der Waals surface area contributed by atoms with Gasteiger partial charge in [-0.05, 0) is 24.1 Å². The number of aromatic nitrogens is 2. The van der Waals surface area contributed by atoms with E-state index in [4.69, 9.17) is 5.73 Å². The maximum absolute atomic E-state index is 13.4. The molecule has 2 aromatic carbocycles. The second kappa shape index (κ2) is 10.6. The minimum atomic E-state index is -0.790. The van der Waals surface area contributed by atoms with Crippen LogP contribution in [0.1, 0.15) is 25.3 Å². The van der Waals surface area contributed by atoms with Crippen molar-refractivity contribution in [2.75, 3.05) is 29.0 Å². The van der Waals surface area contributed by atoms with E-state index in [9.17, 15) is 23.2 Å². The summed E-state index contributed by atoms with van der Waals surface area (Å²) in [5.41, 5.74) is 5.45. The molecule has 8 nitrogen and oxygen atoms in total. The second-order valence-corrected chi connectivity index (χ2v) is 7.48. The van der Waals surface area contributed by atoms with Crippen molar-refractivity contribution in [2.24, 2.45) is 0 Å². The minimum Gasteiger partial charge on any atom is -0.383 e. The van der Waals surface area contributed by atoms with Gasteiger partial charge in [0.25, 0.3) is 5.56 Å². The zero-order valence-corrected chi connectivity index (χ0v) is 18.1. The third kappa shape index (κ3) is 5.85. The molecule has 1 aromatic heterocycles. The van der Waals surface area contributed by atoms with Gasteiger partial charge in [-0.15, -0.1) is 0 Å². The van der Waals surface area contributed by atoms with Crippen molar-refractivity contribution in [3.05, 3.63) is 86.6 Å². The Balaban J connectivity index is 1.93. The number of hydrogen-bond acceptors (Lipinski definition) is 5. The molecule has 0 atom stereocenters. The van der Waals surface area contributed by atoms with Crippen molar-refractivity contribution >= 4 is 23.1 Å². The minimum absolute atomic E-state index is 0.0761. The zero-order valence-electron chi connectivity index (χ0n) is 18.1. The fraction of sp³-hybridized carbons (Fsp3) is 0.261. The second-order valence-electron chi connectivity index (χ2n) is 7.48. The van der Waals surface area contributed by atoms with Crippen molar-refractivity contribution in [1.82, 2.24) is 9.55 Å². The van der Waals surface area contributed by atoms with Crippen LogP contribution < -0.4 is 27.2 Å². The van der Waals surface area contributed by atoms with Crippen LogP contribution in [0, 0.1) is 11.6 Å². The number of unbranched alkanes of at least 4 members (excludes halogenated alkanes) is 1. The molecule has 0 bridgehead atoms. The number of nitrogens with zero attached hydrogens (tertiary/aromatic N) is 2. The average molecular weight is 457 g/mol. The predicted octanol–water partition coefficient (Wildman–Crippen LogP) is 2.69. The lowest BCUT2D eigenvalue weighted by Crippen LogP contribution is -2.43. The van der Waals surface area contributed by atoms with Crippen LogP contribution in [0.15, 0.2) is 58.1 Å². The summed E-state index contributed by atoms with van der Waals surface area (Å²) in [7, 11) is 0. The van der Waals surface area contributed by atoms with Gasteiger partial charge in [-0.2, -0.15) is 0 Å². The number of aromatic amines is 1. The van der Waals surface area contributed by atoms with E-state index in [-0.39, 0.29) is 36.8 Å². The summed E-state index contributed by atoms with van der Waals surface area (Å²) >= 11 is 0. The zero-order chi connectivity index (χ0) is 24.0.